The van der Waals surface area contributed by atoms with Crippen LogP contribution in [0.3, 0.4) is 0 Å². The lowest BCUT2D eigenvalue weighted by Crippen LogP contribution is -2.28. The molecule has 0 fully saturated rings. The number of carbonyl (C=O) groups is 1. The minimum Gasteiger partial charge on any atom is -0.346 e. The lowest BCUT2D eigenvalue weighted by Gasteiger charge is -2.17. The number of benzene rings is 2. The van der Waals surface area contributed by atoms with E-state index in [-0.39, 0.29) is 5.91 Å². The first kappa shape index (κ1) is 18.3. The molecule has 0 spiro atoms. The van der Waals surface area contributed by atoms with Gasteiger partial charge in [-0.05, 0) is 54.8 Å². The third kappa shape index (κ3) is 3.55. The highest BCUT2D eigenvalue weighted by molar-refractivity contribution is 7.92. The first-order valence-electron chi connectivity index (χ1n) is 8.03. The van der Waals surface area contributed by atoms with Gasteiger partial charge in [0.2, 0.25) is 10.0 Å². The molecule has 138 valence electrons. The van der Waals surface area contributed by atoms with Gasteiger partial charge in [0.15, 0.2) is 11.6 Å². The fraction of sp³-hybridized carbons (Fsp3) is 0.278. The Morgan fingerprint density at radius 1 is 1.15 bits per heavy atom. The Balaban J connectivity index is 1.78. The summed E-state index contributed by atoms with van der Waals surface area (Å²) >= 11 is 0. The molecule has 0 bridgehead atoms. The number of sulfonamides is 1. The first-order chi connectivity index (χ1) is 12.2. The highest BCUT2D eigenvalue weighted by Crippen LogP contribution is 2.30. The molecule has 0 saturated heterocycles. The Labute approximate surface area is 150 Å². The molecule has 1 aliphatic rings. The average Bonchev–Trinajstić information content (AvgIpc) is 3.00. The second-order valence-corrected chi connectivity index (χ2v) is 8.20. The first-order valence-corrected chi connectivity index (χ1v) is 9.88. The summed E-state index contributed by atoms with van der Waals surface area (Å²) in [4.78, 5) is 12.4. The maximum Gasteiger partial charge on any atom is 0.251 e. The number of nitrogens with zero attached hydrogens (tertiary/aromatic N) is 1. The number of carbonyl (C=O) groups excluding carboxylic acids is 1. The molecule has 5 nitrogen and oxygen atoms in total. The van der Waals surface area contributed by atoms with Crippen molar-refractivity contribution in [1.82, 2.24) is 5.32 Å². The van der Waals surface area contributed by atoms with Crippen LogP contribution in [0.15, 0.2) is 36.4 Å². The molecule has 0 radical (unpaired) electrons. The van der Waals surface area contributed by atoms with Gasteiger partial charge in [-0.15, -0.1) is 0 Å². The maximum absolute atomic E-state index is 13.3. The third-order valence-corrected chi connectivity index (χ3v) is 5.57. The van der Waals surface area contributed by atoms with Crippen molar-refractivity contribution in [3.63, 3.8) is 0 Å². The minimum absolute atomic E-state index is 0.352. The van der Waals surface area contributed by atoms with Gasteiger partial charge in [-0.3, -0.25) is 9.10 Å². The molecular weight excluding hydrogens is 362 g/mol. The zero-order valence-corrected chi connectivity index (χ0v) is 15.1. The average molecular weight is 380 g/mol. The standard InChI is InChI=1S/C18H18F2N2O3S/c1-11(12-3-5-15(19)16(20)10-12)21-18(23)14-4-6-17-13(9-14)7-8-22(17)26(2,24)25/h3-6,9-11H,7-8H2,1-2H3,(H,21,23). The molecule has 0 saturated carbocycles. The fourth-order valence-corrected chi connectivity index (χ4v) is 3.96. The fourth-order valence-electron chi connectivity index (χ4n) is 3.00. The number of fused-ring (bicyclic) bond motifs is 1. The van der Waals surface area contributed by atoms with E-state index < -0.39 is 27.7 Å². The summed E-state index contributed by atoms with van der Waals surface area (Å²) in [7, 11) is -3.35. The molecule has 2 aromatic rings. The molecule has 1 aliphatic heterocycles. The Morgan fingerprint density at radius 3 is 2.54 bits per heavy atom. The van der Waals surface area contributed by atoms with E-state index in [0.29, 0.717) is 29.8 Å². The van der Waals surface area contributed by atoms with E-state index in [1.165, 1.54) is 10.4 Å². The molecule has 3 rings (SSSR count). The number of nitrogens with one attached hydrogen (secondary N) is 1. The van der Waals surface area contributed by atoms with E-state index in [4.69, 9.17) is 0 Å². The second-order valence-electron chi connectivity index (χ2n) is 6.30. The van der Waals surface area contributed by atoms with Crippen molar-refractivity contribution in [2.24, 2.45) is 0 Å². The van der Waals surface area contributed by atoms with Crippen molar-refractivity contribution in [2.45, 2.75) is 19.4 Å². The van der Waals surface area contributed by atoms with Crippen LogP contribution in [-0.2, 0) is 16.4 Å². The van der Waals surface area contributed by atoms with E-state index in [0.717, 1.165) is 24.0 Å². The predicted octanol–water partition coefficient (Wildman–Crippen LogP) is 2.78. The normalized spacial score (nSPS) is 14.8. The molecule has 0 aromatic heterocycles. The van der Waals surface area contributed by atoms with Gasteiger partial charge < -0.3 is 5.32 Å². The summed E-state index contributed by atoms with van der Waals surface area (Å²) in [5.41, 5.74) is 2.19. The van der Waals surface area contributed by atoms with E-state index in [1.54, 1.807) is 25.1 Å². The zero-order valence-electron chi connectivity index (χ0n) is 14.3. The van der Waals surface area contributed by atoms with E-state index >= 15 is 0 Å². The van der Waals surface area contributed by atoms with Crippen molar-refractivity contribution in [3.05, 3.63) is 64.7 Å². The van der Waals surface area contributed by atoms with Crippen molar-refractivity contribution >= 4 is 21.6 Å². The molecule has 1 N–H and O–H groups in total. The third-order valence-electron chi connectivity index (χ3n) is 4.39. The Morgan fingerprint density at radius 2 is 1.88 bits per heavy atom. The number of rotatable bonds is 4. The summed E-state index contributed by atoms with van der Waals surface area (Å²) in [5.74, 6) is -2.29. The van der Waals surface area contributed by atoms with Crippen molar-refractivity contribution < 1.29 is 22.0 Å². The van der Waals surface area contributed by atoms with Crippen molar-refractivity contribution in [2.75, 3.05) is 17.1 Å². The highest BCUT2D eigenvalue weighted by atomic mass is 32.2. The van der Waals surface area contributed by atoms with Gasteiger partial charge in [0.05, 0.1) is 18.0 Å². The summed E-state index contributed by atoms with van der Waals surface area (Å²) in [5, 5.41) is 2.73. The zero-order chi connectivity index (χ0) is 19.1. The number of hydrogen-bond donors (Lipinski definition) is 1. The summed E-state index contributed by atoms with van der Waals surface area (Å²) < 4.78 is 51.2. The lowest BCUT2D eigenvalue weighted by atomic mass is 10.1. The van der Waals surface area contributed by atoms with Gasteiger partial charge in [-0.25, -0.2) is 17.2 Å². The molecule has 1 heterocycles. The molecular formula is C18H18F2N2O3S. The predicted molar refractivity (Wildman–Crippen MR) is 94.6 cm³/mol. The summed E-state index contributed by atoms with van der Waals surface area (Å²) in [6.07, 6.45) is 1.68. The van der Waals surface area contributed by atoms with Gasteiger partial charge in [0.1, 0.15) is 0 Å². The van der Waals surface area contributed by atoms with Crippen LogP contribution in [-0.4, -0.2) is 27.1 Å². The molecule has 1 atom stereocenters. The van der Waals surface area contributed by atoms with Crippen LogP contribution in [0.25, 0.3) is 0 Å². The van der Waals surface area contributed by atoms with Crippen LogP contribution in [0.2, 0.25) is 0 Å². The van der Waals surface area contributed by atoms with Gasteiger partial charge >= 0.3 is 0 Å². The van der Waals surface area contributed by atoms with Crippen molar-refractivity contribution in [1.29, 1.82) is 0 Å². The maximum atomic E-state index is 13.3. The quantitative estimate of drug-likeness (QED) is 0.887. The lowest BCUT2D eigenvalue weighted by molar-refractivity contribution is 0.0939. The van der Waals surface area contributed by atoms with E-state index in [1.807, 2.05) is 0 Å². The van der Waals surface area contributed by atoms with Crippen LogP contribution in [0.1, 0.15) is 34.5 Å². The summed E-state index contributed by atoms with van der Waals surface area (Å²) in [6, 6.07) is 7.79. The van der Waals surface area contributed by atoms with Gasteiger partial charge in [-0.2, -0.15) is 0 Å². The van der Waals surface area contributed by atoms with Gasteiger partial charge in [-0.1, -0.05) is 6.07 Å². The van der Waals surface area contributed by atoms with E-state index in [9.17, 15) is 22.0 Å². The number of halogens is 2. The molecule has 26 heavy (non-hydrogen) atoms. The van der Waals surface area contributed by atoms with Crippen LogP contribution in [0, 0.1) is 11.6 Å². The Kier molecular flexibility index (Phi) is 4.70. The topological polar surface area (TPSA) is 66.5 Å². The minimum atomic E-state index is -3.35. The van der Waals surface area contributed by atoms with E-state index in [2.05, 4.69) is 5.32 Å². The van der Waals surface area contributed by atoms with Crippen LogP contribution in [0.5, 0.6) is 0 Å². The van der Waals surface area contributed by atoms with Crippen molar-refractivity contribution in [3.8, 4) is 0 Å². The second kappa shape index (κ2) is 6.68. The Bertz CT molecular complexity index is 976. The highest BCUT2D eigenvalue weighted by Gasteiger charge is 2.27. The SMILES string of the molecule is CC(NC(=O)c1ccc2c(c1)CCN2S(C)(=O)=O)c1ccc(F)c(F)c1. The molecule has 8 heteroatoms. The molecule has 0 aliphatic carbocycles. The monoisotopic (exact) mass is 380 g/mol. The number of hydrogen-bond acceptors (Lipinski definition) is 3. The van der Waals surface area contributed by atoms with Gasteiger partial charge in [0, 0.05) is 12.1 Å². The van der Waals surface area contributed by atoms with Gasteiger partial charge in [0.25, 0.3) is 5.91 Å². The molecule has 1 unspecified atom stereocenters. The summed E-state index contributed by atoms with van der Waals surface area (Å²) in [6.45, 7) is 2.02. The van der Waals surface area contributed by atoms with Crippen LogP contribution < -0.4 is 9.62 Å². The number of anilines is 1. The Hall–Kier alpha value is -2.48. The largest absolute Gasteiger partial charge is 0.346 e. The molecule has 1 amide bonds. The number of amides is 1. The smallest absolute Gasteiger partial charge is 0.251 e. The van der Waals surface area contributed by atoms with Crippen LogP contribution >= 0.6 is 0 Å². The van der Waals surface area contributed by atoms with Crippen LogP contribution in [0.4, 0.5) is 14.5 Å². The molecule has 2 aromatic carbocycles.